The molecule has 1 saturated heterocycles. The van der Waals surface area contributed by atoms with Gasteiger partial charge < -0.3 is 9.84 Å². The molecule has 25 heavy (non-hydrogen) atoms. The number of piperazine rings is 1. The minimum absolute atomic E-state index is 0.0240. The van der Waals surface area contributed by atoms with Crippen molar-refractivity contribution in [3.63, 3.8) is 0 Å². The van der Waals surface area contributed by atoms with Gasteiger partial charge in [0, 0.05) is 32.2 Å². The van der Waals surface area contributed by atoms with Crippen LogP contribution in [0.2, 0.25) is 0 Å². The van der Waals surface area contributed by atoms with E-state index in [1.807, 2.05) is 0 Å². The summed E-state index contributed by atoms with van der Waals surface area (Å²) in [5, 5.41) is 20.1. The first kappa shape index (κ1) is 19.1. The molecule has 0 aromatic heterocycles. The highest BCUT2D eigenvalue weighted by molar-refractivity contribution is 7.89. The monoisotopic (exact) mass is 373 g/mol. The summed E-state index contributed by atoms with van der Waals surface area (Å²) in [5.74, 6) is -0.994. The Hall–Kier alpha value is -2.24. The van der Waals surface area contributed by atoms with Crippen molar-refractivity contribution in [1.82, 2.24) is 9.21 Å². The first-order chi connectivity index (χ1) is 11.7. The Morgan fingerprint density at radius 3 is 2.40 bits per heavy atom. The number of rotatable bonds is 6. The molecule has 1 aliphatic rings. The van der Waals surface area contributed by atoms with Crippen LogP contribution in [-0.4, -0.2) is 73.0 Å². The third-order valence-corrected chi connectivity index (χ3v) is 6.06. The van der Waals surface area contributed by atoms with Crippen LogP contribution in [0.5, 0.6) is 5.75 Å². The highest BCUT2D eigenvalue weighted by Gasteiger charge is 2.33. The summed E-state index contributed by atoms with van der Waals surface area (Å²) in [5.41, 5.74) is -0.429. The Bertz CT molecular complexity index is 773. The molecule has 1 fully saturated rings. The van der Waals surface area contributed by atoms with Crippen LogP contribution in [-0.2, 0) is 14.8 Å². The first-order valence-corrected chi connectivity index (χ1v) is 8.92. The Labute approximate surface area is 144 Å². The standard InChI is InChI=1S/C14H19N3O7S/c1-10(14(18)19)15-5-7-16(8-6-15)25(22,23)11-3-4-13(24-2)12(9-11)17(20)21/h3-4,9-10H,5-8H2,1-2H3,(H,18,19). The quantitative estimate of drug-likeness (QED) is 0.559. The molecule has 138 valence electrons. The molecule has 0 amide bonds. The molecular weight excluding hydrogens is 354 g/mol. The van der Waals surface area contributed by atoms with Crippen molar-refractivity contribution in [2.45, 2.75) is 17.9 Å². The molecule has 2 rings (SSSR count). The molecule has 0 saturated carbocycles. The lowest BCUT2D eigenvalue weighted by Crippen LogP contribution is -2.53. The zero-order chi connectivity index (χ0) is 18.8. The maximum absolute atomic E-state index is 12.7. The average Bonchev–Trinajstić information content (AvgIpc) is 2.60. The predicted octanol–water partition coefficient (Wildman–Crippen LogP) is 0.383. The lowest BCUT2D eigenvalue weighted by Gasteiger charge is -2.35. The SMILES string of the molecule is COc1ccc(S(=O)(=O)N2CCN(C(C)C(=O)O)CC2)cc1[N+](=O)[O-]. The molecule has 0 bridgehead atoms. The minimum Gasteiger partial charge on any atom is -0.490 e. The van der Waals surface area contributed by atoms with Crippen molar-refractivity contribution >= 4 is 21.7 Å². The number of hydrogen-bond donors (Lipinski definition) is 1. The van der Waals surface area contributed by atoms with Gasteiger partial charge in [0.25, 0.3) is 0 Å². The van der Waals surface area contributed by atoms with E-state index in [-0.39, 0.29) is 36.8 Å². The second kappa shape index (κ2) is 7.33. The van der Waals surface area contributed by atoms with Crippen LogP contribution in [0.15, 0.2) is 23.1 Å². The molecule has 0 spiro atoms. The van der Waals surface area contributed by atoms with Crippen LogP contribution in [0.25, 0.3) is 0 Å². The summed E-state index contributed by atoms with van der Waals surface area (Å²) in [6.45, 7) is 2.30. The van der Waals surface area contributed by atoms with E-state index in [0.29, 0.717) is 0 Å². The van der Waals surface area contributed by atoms with Crippen molar-refractivity contribution in [3.8, 4) is 5.75 Å². The van der Waals surface area contributed by atoms with Crippen LogP contribution in [0, 0.1) is 10.1 Å². The number of aliphatic carboxylic acids is 1. The predicted molar refractivity (Wildman–Crippen MR) is 87.1 cm³/mol. The molecule has 1 atom stereocenters. The van der Waals surface area contributed by atoms with E-state index in [9.17, 15) is 23.3 Å². The summed E-state index contributed by atoms with van der Waals surface area (Å²) < 4.78 is 31.5. The van der Waals surface area contributed by atoms with Crippen LogP contribution >= 0.6 is 0 Å². The van der Waals surface area contributed by atoms with Gasteiger partial charge in [0.2, 0.25) is 10.0 Å². The molecular formula is C14H19N3O7S. The van der Waals surface area contributed by atoms with Gasteiger partial charge in [-0.1, -0.05) is 0 Å². The summed E-state index contributed by atoms with van der Waals surface area (Å²) in [6, 6.07) is 2.77. The maximum atomic E-state index is 12.7. The fraction of sp³-hybridized carbons (Fsp3) is 0.500. The Kier molecular flexibility index (Phi) is 5.60. The van der Waals surface area contributed by atoms with Crippen molar-refractivity contribution in [2.24, 2.45) is 0 Å². The molecule has 10 nitrogen and oxygen atoms in total. The lowest BCUT2D eigenvalue weighted by molar-refractivity contribution is -0.386. The molecule has 1 heterocycles. The van der Waals surface area contributed by atoms with Crippen LogP contribution < -0.4 is 4.74 Å². The van der Waals surface area contributed by atoms with E-state index in [2.05, 4.69) is 0 Å². The number of benzene rings is 1. The Balaban J connectivity index is 2.22. The Morgan fingerprint density at radius 1 is 1.32 bits per heavy atom. The summed E-state index contributed by atoms with van der Waals surface area (Å²) in [6.07, 6.45) is 0. The number of sulfonamides is 1. The zero-order valence-electron chi connectivity index (χ0n) is 13.8. The number of nitro groups is 1. The number of nitro benzene ring substituents is 1. The fourth-order valence-corrected chi connectivity index (χ4v) is 4.05. The molecule has 0 radical (unpaired) electrons. The number of carbonyl (C=O) groups is 1. The minimum atomic E-state index is -3.91. The summed E-state index contributed by atoms with van der Waals surface area (Å²) in [4.78, 5) is 22.9. The summed E-state index contributed by atoms with van der Waals surface area (Å²) in [7, 11) is -2.65. The molecule has 0 aliphatic carbocycles. The molecule has 1 aromatic rings. The molecule has 1 N–H and O–H groups in total. The van der Waals surface area contributed by atoms with Gasteiger partial charge in [0.05, 0.1) is 16.9 Å². The van der Waals surface area contributed by atoms with Crippen LogP contribution in [0.1, 0.15) is 6.92 Å². The second-order valence-electron chi connectivity index (χ2n) is 5.55. The van der Waals surface area contributed by atoms with Crippen molar-refractivity contribution in [2.75, 3.05) is 33.3 Å². The molecule has 1 aromatic carbocycles. The number of hydrogen-bond acceptors (Lipinski definition) is 7. The maximum Gasteiger partial charge on any atom is 0.320 e. The van der Waals surface area contributed by atoms with Gasteiger partial charge in [0.1, 0.15) is 6.04 Å². The number of ether oxygens (including phenoxy) is 1. The molecule has 11 heteroatoms. The smallest absolute Gasteiger partial charge is 0.320 e. The van der Waals surface area contributed by atoms with Crippen molar-refractivity contribution in [1.29, 1.82) is 0 Å². The Morgan fingerprint density at radius 2 is 1.92 bits per heavy atom. The van der Waals surface area contributed by atoms with Gasteiger partial charge in [-0.2, -0.15) is 4.31 Å². The topological polar surface area (TPSA) is 130 Å². The van der Waals surface area contributed by atoms with Crippen molar-refractivity contribution in [3.05, 3.63) is 28.3 Å². The third-order valence-electron chi connectivity index (χ3n) is 4.16. The number of methoxy groups -OCH3 is 1. The normalized spacial score (nSPS) is 17.8. The van der Waals surface area contributed by atoms with E-state index in [1.165, 1.54) is 23.5 Å². The van der Waals surface area contributed by atoms with E-state index in [4.69, 9.17) is 9.84 Å². The van der Waals surface area contributed by atoms with Crippen LogP contribution in [0.4, 0.5) is 5.69 Å². The highest BCUT2D eigenvalue weighted by atomic mass is 32.2. The number of carboxylic acid groups (broad SMARTS) is 1. The van der Waals surface area contributed by atoms with Gasteiger partial charge in [-0.05, 0) is 19.1 Å². The molecule has 1 unspecified atom stereocenters. The van der Waals surface area contributed by atoms with Gasteiger partial charge >= 0.3 is 11.7 Å². The second-order valence-corrected chi connectivity index (χ2v) is 7.48. The van der Waals surface area contributed by atoms with E-state index in [1.54, 1.807) is 11.8 Å². The zero-order valence-corrected chi connectivity index (χ0v) is 14.6. The number of carboxylic acids is 1. The average molecular weight is 373 g/mol. The van der Waals surface area contributed by atoms with Gasteiger partial charge in [-0.15, -0.1) is 0 Å². The van der Waals surface area contributed by atoms with E-state index in [0.717, 1.165) is 6.07 Å². The lowest BCUT2D eigenvalue weighted by atomic mass is 10.2. The summed E-state index contributed by atoms with van der Waals surface area (Å²) >= 11 is 0. The first-order valence-electron chi connectivity index (χ1n) is 7.48. The van der Waals surface area contributed by atoms with Gasteiger partial charge in [0.15, 0.2) is 5.75 Å². The number of nitrogens with zero attached hydrogens (tertiary/aromatic N) is 3. The van der Waals surface area contributed by atoms with Gasteiger partial charge in [-0.3, -0.25) is 19.8 Å². The van der Waals surface area contributed by atoms with E-state index < -0.39 is 32.6 Å². The van der Waals surface area contributed by atoms with Crippen molar-refractivity contribution < 1.29 is 28.0 Å². The molecule has 1 aliphatic heterocycles. The fourth-order valence-electron chi connectivity index (χ4n) is 2.61. The van der Waals surface area contributed by atoms with Gasteiger partial charge in [-0.25, -0.2) is 8.42 Å². The third kappa shape index (κ3) is 3.89. The van der Waals surface area contributed by atoms with Crippen LogP contribution in [0.3, 0.4) is 0 Å². The largest absolute Gasteiger partial charge is 0.490 e. The highest BCUT2D eigenvalue weighted by Crippen LogP contribution is 2.30. The van der Waals surface area contributed by atoms with E-state index >= 15 is 0 Å².